The molecule has 1 aliphatic rings. The number of rotatable bonds is 2. The first-order chi connectivity index (χ1) is 8.69. The number of hydrogen-bond acceptors (Lipinski definition) is 3. The maximum atomic E-state index is 12.0. The highest BCUT2D eigenvalue weighted by Gasteiger charge is 2.27. The van der Waals surface area contributed by atoms with Crippen molar-refractivity contribution in [1.29, 1.82) is 0 Å². The smallest absolute Gasteiger partial charge is 0.321 e. The van der Waals surface area contributed by atoms with Crippen molar-refractivity contribution in [2.45, 2.75) is 59.0 Å². The van der Waals surface area contributed by atoms with E-state index in [-0.39, 0.29) is 17.5 Å². The average Bonchev–Trinajstić information content (AvgIpc) is 2.25. The van der Waals surface area contributed by atoms with Gasteiger partial charge >= 0.3 is 6.03 Å². The molecular weight excluding hydrogens is 242 g/mol. The predicted molar refractivity (Wildman–Crippen MR) is 75.9 cm³/mol. The lowest BCUT2D eigenvalue weighted by Gasteiger charge is -2.34. The highest BCUT2D eigenvalue weighted by Crippen LogP contribution is 2.17. The first-order valence-corrected chi connectivity index (χ1v) is 7.06. The van der Waals surface area contributed by atoms with Crippen LogP contribution in [0, 0.1) is 5.92 Å². The summed E-state index contributed by atoms with van der Waals surface area (Å²) in [5, 5.41) is 5.14. The summed E-state index contributed by atoms with van der Waals surface area (Å²) >= 11 is 0. The van der Waals surface area contributed by atoms with Crippen molar-refractivity contribution in [2.24, 2.45) is 5.92 Å². The topological polar surface area (TPSA) is 61.4 Å². The van der Waals surface area contributed by atoms with Gasteiger partial charge in [-0.1, -0.05) is 6.92 Å². The highest BCUT2D eigenvalue weighted by atomic mass is 16.2. The summed E-state index contributed by atoms with van der Waals surface area (Å²) in [6.07, 6.45) is 2.34. The van der Waals surface area contributed by atoms with Crippen LogP contribution < -0.4 is 10.6 Å². The van der Waals surface area contributed by atoms with Gasteiger partial charge in [0.2, 0.25) is 5.91 Å². The fraction of sp³-hybridized carbons (Fsp3) is 0.857. The van der Waals surface area contributed by atoms with E-state index in [1.165, 1.54) is 6.42 Å². The molecule has 19 heavy (non-hydrogen) atoms. The second-order valence-electron chi connectivity index (χ2n) is 6.61. The van der Waals surface area contributed by atoms with Crippen LogP contribution in [0.15, 0.2) is 0 Å². The number of urea groups is 1. The van der Waals surface area contributed by atoms with Crippen LogP contribution in [0.4, 0.5) is 4.79 Å². The molecule has 1 rings (SSSR count). The van der Waals surface area contributed by atoms with Crippen molar-refractivity contribution in [3.05, 3.63) is 0 Å². The Kier molecular flexibility index (Phi) is 5.35. The zero-order valence-electron chi connectivity index (χ0n) is 12.7. The lowest BCUT2D eigenvalue weighted by atomic mass is 9.99. The van der Waals surface area contributed by atoms with Crippen molar-refractivity contribution in [3.63, 3.8) is 0 Å². The van der Waals surface area contributed by atoms with Gasteiger partial charge in [-0.25, -0.2) is 4.79 Å². The molecule has 0 aliphatic carbocycles. The van der Waals surface area contributed by atoms with Gasteiger partial charge in [0.15, 0.2) is 0 Å². The predicted octanol–water partition coefficient (Wildman–Crippen LogP) is 1.73. The van der Waals surface area contributed by atoms with E-state index in [1.54, 1.807) is 0 Å². The molecule has 0 saturated carbocycles. The quantitative estimate of drug-likeness (QED) is 0.802. The van der Waals surface area contributed by atoms with Crippen LogP contribution in [-0.2, 0) is 4.79 Å². The van der Waals surface area contributed by atoms with E-state index in [4.69, 9.17) is 0 Å². The van der Waals surface area contributed by atoms with Crippen molar-refractivity contribution >= 4 is 11.9 Å². The summed E-state index contributed by atoms with van der Waals surface area (Å²) in [4.78, 5) is 25.8. The van der Waals surface area contributed by atoms with E-state index in [0.717, 1.165) is 19.5 Å². The Hall–Kier alpha value is -1.10. The molecular formula is C14H27N3O2. The van der Waals surface area contributed by atoms with Gasteiger partial charge in [-0.3, -0.25) is 15.0 Å². The van der Waals surface area contributed by atoms with E-state index in [9.17, 15) is 9.59 Å². The van der Waals surface area contributed by atoms with Crippen molar-refractivity contribution in [1.82, 2.24) is 15.5 Å². The first kappa shape index (κ1) is 16.0. The summed E-state index contributed by atoms with van der Waals surface area (Å²) in [5.41, 5.74) is -0.340. The van der Waals surface area contributed by atoms with Crippen molar-refractivity contribution in [2.75, 3.05) is 13.1 Å². The number of carbonyl (C=O) groups excluding carboxylic acids is 2. The van der Waals surface area contributed by atoms with Crippen LogP contribution in [0.3, 0.4) is 0 Å². The molecule has 0 spiro atoms. The number of nitrogens with zero attached hydrogens (tertiary/aromatic N) is 1. The van der Waals surface area contributed by atoms with E-state index in [0.29, 0.717) is 5.92 Å². The first-order valence-electron chi connectivity index (χ1n) is 7.06. The minimum Gasteiger partial charge on any atom is -0.333 e. The molecule has 1 aliphatic heterocycles. The lowest BCUT2D eigenvalue weighted by molar-refractivity contribution is -0.125. The molecule has 0 aromatic carbocycles. The van der Waals surface area contributed by atoms with Gasteiger partial charge in [0.1, 0.15) is 0 Å². The minimum absolute atomic E-state index is 0.226. The zero-order chi connectivity index (χ0) is 14.6. The molecule has 5 heteroatoms. The van der Waals surface area contributed by atoms with Crippen LogP contribution in [0.1, 0.15) is 47.5 Å². The molecule has 2 atom stereocenters. The third kappa shape index (κ3) is 5.59. The maximum absolute atomic E-state index is 12.0. The summed E-state index contributed by atoms with van der Waals surface area (Å²) in [5.74, 6) is 0.392. The van der Waals surface area contributed by atoms with Gasteiger partial charge in [-0.15, -0.1) is 0 Å². The van der Waals surface area contributed by atoms with E-state index >= 15 is 0 Å². The second-order valence-corrected chi connectivity index (χ2v) is 6.61. The third-order valence-corrected chi connectivity index (χ3v) is 3.34. The maximum Gasteiger partial charge on any atom is 0.321 e. The monoisotopic (exact) mass is 269 g/mol. The average molecular weight is 269 g/mol. The fourth-order valence-electron chi connectivity index (χ4n) is 2.33. The largest absolute Gasteiger partial charge is 0.333 e. The Morgan fingerprint density at radius 1 is 1.32 bits per heavy atom. The number of likely N-dealkylation sites (tertiary alicyclic amines) is 1. The second kappa shape index (κ2) is 6.37. The molecule has 2 N–H and O–H groups in total. The van der Waals surface area contributed by atoms with Crippen molar-refractivity contribution < 1.29 is 9.59 Å². The van der Waals surface area contributed by atoms with Gasteiger partial charge in [-0.05, 0) is 53.0 Å². The summed E-state index contributed by atoms with van der Waals surface area (Å²) in [6.45, 7) is 11.6. The van der Waals surface area contributed by atoms with Crippen LogP contribution in [0.25, 0.3) is 0 Å². The highest BCUT2D eigenvalue weighted by molar-refractivity contribution is 5.97. The van der Waals surface area contributed by atoms with Gasteiger partial charge in [0.05, 0.1) is 6.04 Å². The number of imide groups is 1. The molecule has 3 amide bonds. The van der Waals surface area contributed by atoms with Gasteiger partial charge in [-0.2, -0.15) is 0 Å². The van der Waals surface area contributed by atoms with Gasteiger partial charge in [0.25, 0.3) is 0 Å². The van der Waals surface area contributed by atoms with Gasteiger partial charge in [0, 0.05) is 12.1 Å². The molecule has 0 aromatic rings. The molecule has 0 radical (unpaired) electrons. The SMILES string of the molecule is C[C@@H]1CCCN([C@H](C)C(=O)NC(=O)NC(C)(C)C)C1. The Labute approximate surface area is 116 Å². The van der Waals surface area contributed by atoms with E-state index in [1.807, 2.05) is 27.7 Å². The number of carbonyl (C=O) groups is 2. The van der Waals surface area contributed by atoms with Gasteiger partial charge < -0.3 is 5.32 Å². The van der Waals surface area contributed by atoms with E-state index < -0.39 is 6.03 Å². The minimum atomic E-state index is -0.422. The molecule has 1 heterocycles. The molecule has 0 unspecified atom stereocenters. The van der Waals surface area contributed by atoms with Crippen LogP contribution in [0.2, 0.25) is 0 Å². The zero-order valence-corrected chi connectivity index (χ0v) is 12.7. The Morgan fingerprint density at radius 3 is 2.47 bits per heavy atom. The molecule has 0 aromatic heterocycles. The fourth-order valence-corrected chi connectivity index (χ4v) is 2.33. The molecule has 1 saturated heterocycles. The Bertz CT molecular complexity index is 336. The molecule has 110 valence electrons. The number of hydrogen-bond donors (Lipinski definition) is 2. The number of nitrogens with one attached hydrogen (secondary N) is 2. The standard InChI is InChI=1S/C14H27N3O2/c1-10-7-6-8-17(9-10)11(2)12(18)15-13(19)16-14(3,4)5/h10-11H,6-9H2,1-5H3,(H2,15,16,18,19)/t10-,11-/m1/s1. The Morgan fingerprint density at radius 2 is 1.95 bits per heavy atom. The van der Waals surface area contributed by atoms with Crippen molar-refractivity contribution in [3.8, 4) is 0 Å². The van der Waals surface area contributed by atoms with Crippen LogP contribution in [0.5, 0.6) is 0 Å². The summed E-state index contributed by atoms with van der Waals surface area (Å²) in [6, 6.07) is -0.678. The Balaban J connectivity index is 2.46. The third-order valence-electron chi connectivity index (χ3n) is 3.34. The van der Waals surface area contributed by atoms with Crippen LogP contribution in [-0.4, -0.2) is 41.5 Å². The lowest BCUT2D eigenvalue weighted by Crippen LogP contribution is -2.54. The summed E-state index contributed by atoms with van der Waals surface area (Å²) in [7, 11) is 0. The molecule has 5 nitrogen and oxygen atoms in total. The molecule has 0 bridgehead atoms. The van der Waals surface area contributed by atoms with E-state index in [2.05, 4.69) is 22.5 Å². The number of piperidine rings is 1. The summed E-state index contributed by atoms with van der Waals surface area (Å²) < 4.78 is 0. The number of amides is 3. The normalized spacial score (nSPS) is 22.7. The van der Waals surface area contributed by atoms with Crippen LogP contribution >= 0.6 is 0 Å². The molecule has 1 fully saturated rings.